The summed E-state index contributed by atoms with van der Waals surface area (Å²) < 4.78 is 0. The number of halogens is 1. The predicted molar refractivity (Wildman–Crippen MR) is 76.4 cm³/mol. The van der Waals surface area contributed by atoms with Crippen LogP contribution in [0.2, 0.25) is 0 Å². The Kier molecular flexibility index (Phi) is 10.9. The smallest absolute Gasteiger partial charge is 0.237 e. The second-order valence-electron chi connectivity index (χ2n) is 5.29. The van der Waals surface area contributed by atoms with Crippen molar-refractivity contribution in [3.8, 4) is 0 Å². The number of nitrogens with two attached hydrogens (primary N) is 1. The van der Waals surface area contributed by atoms with Crippen LogP contribution in [0, 0.1) is 11.8 Å². The van der Waals surface area contributed by atoms with Gasteiger partial charge in [0.1, 0.15) is 0 Å². The molecule has 0 saturated heterocycles. The van der Waals surface area contributed by atoms with Crippen LogP contribution in [0.1, 0.15) is 53.9 Å². The van der Waals surface area contributed by atoms with E-state index in [1.807, 2.05) is 13.8 Å². The molecule has 3 N–H and O–H groups in total. The Morgan fingerprint density at radius 2 is 1.71 bits per heavy atom. The molecule has 0 fully saturated rings. The van der Waals surface area contributed by atoms with Gasteiger partial charge in [0.2, 0.25) is 5.91 Å². The lowest BCUT2D eigenvalue weighted by atomic mass is 9.98. The van der Waals surface area contributed by atoms with Crippen LogP contribution in [0.25, 0.3) is 0 Å². The van der Waals surface area contributed by atoms with Gasteiger partial charge in [0.25, 0.3) is 0 Å². The van der Waals surface area contributed by atoms with Crippen molar-refractivity contribution in [2.45, 2.75) is 66.0 Å². The van der Waals surface area contributed by atoms with Crippen molar-refractivity contribution >= 4 is 18.3 Å². The largest absolute Gasteiger partial charge is 0.352 e. The van der Waals surface area contributed by atoms with Gasteiger partial charge in [-0.15, -0.1) is 12.4 Å². The Morgan fingerprint density at radius 3 is 2.12 bits per heavy atom. The van der Waals surface area contributed by atoms with Crippen molar-refractivity contribution < 1.29 is 4.79 Å². The van der Waals surface area contributed by atoms with Crippen LogP contribution < -0.4 is 11.1 Å². The lowest BCUT2D eigenvalue weighted by Gasteiger charge is -2.21. The zero-order valence-corrected chi connectivity index (χ0v) is 12.6. The molecule has 0 bridgehead atoms. The molecule has 0 spiro atoms. The lowest BCUT2D eigenvalue weighted by Crippen LogP contribution is -2.47. The molecule has 0 saturated carbocycles. The van der Waals surface area contributed by atoms with E-state index in [4.69, 9.17) is 5.73 Å². The second kappa shape index (κ2) is 9.72. The van der Waals surface area contributed by atoms with Crippen LogP contribution in [0.4, 0.5) is 0 Å². The van der Waals surface area contributed by atoms with Crippen molar-refractivity contribution in [3.63, 3.8) is 0 Å². The first kappa shape index (κ1) is 19.1. The highest BCUT2D eigenvalue weighted by molar-refractivity contribution is 5.85. The highest BCUT2D eigenvalue weighted by Gasteiger charge is 2.20. The number of nitrogens with one attached hydrogen (secondary N) is 1. The number of hydrogen-bond acceptors (Lipinski definition) is 2. The summed E-state index contributed by atoms with van der Waals surface area (Å²) in [6, 6.07) is -0.142. The average molecular weight is 265 g/mol. The third kappa shape index (κ3) is 8.44. The van der Waals surface area contributed by atoms with E-state index in [9.17, 15) is 4.79 Å². The van der Waals surface area contributed by atoms with Gasteiger partial charge >= 0.3 is 0 Å². The molecule has 0 aliphatic heterocycles. The van der Waals surface area contributed by atoms with Gasteiger partial charge in [-0.05, 0) is 31.6 Å². The van der Waals surface area contributed by atoms with E-state index in [0.717, 1.165) is 19.3 Å². The third-order valence-electron chi connectivity index (χ3n) is 3.13. The number of carbonyl (C=O) groups excluding carboxylic acids is 1. The van der Waals surface area contributed by atoms with Gasteiger partial charge in [-0.1, -0.05) is 34.1 Å². The molecule has 0 aromatic heterocycles. The first-order valence-corrected chi connectivity index (χ1v) is 6.44. The maximum Gasteiger partial charge on any atom is 0.237 e. The van der Waals surface area contributed by atoms with Crippen LogP contribution in [-0.2, 0) is 4.79 Å². The molecule has 3 nitrogen and oxygen atoms in total. The van der Waals surface area contributed by atoms with E-state index in [2.05, 4.69) is 26.1 Å². The summed E-state index contributed by atoms with van der Waals surface area (Å²) in [6.07, 6.45) is 3.10. The fourth-order valence-corrected chi connectivity index (χ4v) is 1.51. The van der Waals surface area contributed by atoms with Crippen LogP contribution in [0.5, 0.6) is 0 Å². The highest BCUT2D eigenvalue weighted by atomic mass is 35.5. The quantitative estimate of drug-likeness (QED) is 0.743. The predicted octanol–water partition coefficient (Wildman–Crippen LogP) is 2.72. The van der Waals surface area contributed by atoms with Crippen LogP contribution in [-0.4, -0.2) is 18.0 Å². The summed E-state index contributed by atoms with van der Waals surface area (Å²) in [5, 5.41) is 2.99. The molecule has 3 unspecified atom stereocenters. The zero-order valence-electron chi connectivity index (χ0n) is 11.8. The van der Waals surface area contributed by atoms with Gasteiger partial charge in [0.05, 0.1) is 6.04 Å². The van der Waals surface area contributed by atoms with E-state index in [0.29, 0.717) is 5.92 Å². The highest BCUT2D eigenvalue weighted by Crippen LogP contribution is 2.08. The Hall–Kier alpha value is -0.280. The number of rotatable bonds is 7. The minimum atomic E-state index is -0.369. The van der Waals surface area contributed by atoms with Crippen molar-refractivity contribution in [2.24, 2.45) is 17.6 Å². The van der Waals surface area contributed by atoms with Gasteiger partial charge in [-0.3, -0.25) is 4.79 Å². The fraction of sp³-hybridized carbons (Fsp3) is 0.923. The molecule has 0 heterocycles. The molecule has 0 aliphatic carbocycles. The monoisotopic (exact) mass is 264 g/mol. The average Bonchev–Trinajstić information content (AvgIpc) is 2.24. The van der Waals surface area contributed by atoms with Crippen molar-refractivity contribution in [3.05, 3.63) is 0 Å². The SMILES string of the molecule is CCC(C)C(N)C(=O)NC(C)CCC(C)C.Cl. The Labute approximate surface area is 112 Å². The molecule has 0 aromatic rings. The minimum Gasteiger partial charge on any atom is -0.352 e. The summed E-state index contributed by atoms with van der Waals surface area (Å²) in [4.78, 5) is 11.8. The van der Waals surface area contributed by atoms with E-state index in [1.54, 1.807) is 0 Å². The van der Waals surface area contributed by atoms with Crippen molar-refractivity contribution in [1.29, 1.82) is 0 Å². The minimum absolute atomic E-state index is 0. The van der Waals surface area contributed by atoms with Gasteiger partial charge in [-0.2, -0.15) is 0 Å². The topological polar surface area (TPSA) is 55.1 Å². The van der Waals surface area contributed by atoms with E-state index in [-0.39, 0.29) is 36.3 Å². The number of hydrogen-bond donors (Lipinski definition) is 2. The summed E-state index contributed by atoms with van der Waals surface area (Å²) in [5.41, 5.74) is 5.86. The van der Waals surface area contributed by atoms with Crippen molar-refractivity contribution in [2.75, 3.05) is 0 Å². The summed E-state index contributed by atoms with van der Waals surface area (Å²) in [7, 11) is 0. The summed E-state index contributed by atoms with van der Waals surface area (Å²) in [5.74, 6) is 0.922. The fourth-order valence-electron chi connectivity index (χ4n) is 1.51. The Bertz CT molecular complexity index is 210. The molecule has 0 aliphatic rings. The molecule has 0 aromatic carbocycles. The molecule has 17 heavy (non-hydrogen) atoms. The summed E-state index contributed by atoms with van der Waals surface area (Å²) >= 11 is 0. The van der Waals surface area contributed by atoms with Gasteiger partial charge in [0, 0.05) is 6.04 Å². The van der Waals surface area contributed by atoms with Gasteiger partial charge in [0.15, 0.2) is 0 Å². The molecular weight excluding hydrogens is 236 g/mol. The maximum atomic E-state index is 11.8. The second-order valence-corrected chi connectivity index (χ2v) is 5.29. The standard InChI is InChI=1S/C13H28N2O.ClH/c1-6-10(4)12(14)13(16)15-11(5)8-7-9(2)3;/h9-12H,6-8,14H2,1-5H3,(H,15,16);1H. The Morgan fingerprint density at radius 1 is 1.18 bits per heavy atom. The normalized spacial score (nSPS) is 15.9. The zero-order chi connectivity index (χ0) is 12.7. The maximum absolute atomic E-state index is 11.8. The van der Waals surface area contributed by atoms with E-state index < -0.39 is 0 Å². The van der Waals surface area contributed by atoms with Crippen LogP contribution >= 0.6 is 12.4 Å². The van der Waals surface area contributed by atoms with E-state index >= 15 is 0 Å². The molecule has 0 radical (unpaired) electrons. The lowest BCUT2D eigenvalue weighted by molar-refractivity contribution is -0.124. The van der Waals surface area contributed by atoms with Gasteiger partial charge < -0.3 is 11.1 Å². The molecule has 3 atom stereocenters. The molecule has 0 rings (SSSR count). The molecule has 1 amide bonds. The first-order chi connectivity index (χ1) is 7.38. The van der Waals surface area contributed by atoms with E-state index in [1.165, 1.54) is 0 Å². The summed E-state index contributed by atoms with van der Waals surface area (Å²) in [6.45, 7) is 10.5. The first-order valence-electron chi connectivity index (χ1n) is 6.44. The van der Waals surface area contributed by atoms with Crippen molar-refractivity contribution in [1.82, 2.24) is 5.32 Å². The number of carbonyl (C=O) groups is 1. The van der Waals surface area contributed by atoms with Crippen LogP contribution in [0.3, 0.4) is 0 Å². The number of amides is 1. The Balaban J connectivity index is 0. The molecular formula is C13H29ClN2O. The molecule has 4 heteroatoms. The third-order valence-corrected chi connectivity index (χ3v) is 3.13. The van der Waals surface area contributed by atoms with Gasteiger partial charge in [-0.25, -0.2) is 0 Å². The van der Waals surface area contributed by atoms with Crippen LogP contribution in [0.15, 0.2) is 0 Å². The molecule has 104 valence electrons.